The lowest BCUT2D eigenvalue weighted by Crippen LogP contribution is -2.31. The van der Waals surface area contributed by atoms with Gasteiger partial charge in [0.2, 0.25) is 0 Å². The van der Waals surface area contributed by atoms with Crippen LogP contribution < -0.4 is 0 Å². The van der Waals surface area contributed by atoms with Gasteiger partial charge in [-0.05, 0) is 20.8 Å². The summed E-state index contributed by atoms with van der Waals surface area (Å²) in [4.78, 5) is 0. The average Bonchev–Trinajstić information content (AvgIpc) is 2.00. The summed E-state index contributed by atoms with van der Waals surface area (Å²) in [6.07, 6.45) is -0.193. The first-order valence-electron chi connectivity index (χ1n) is 4.55. The second-order valence-electron chi connectivity index (χ2n) is 3.67. The highest BCUT2D eigenvalue weighted by Gasteiger charge is 2.30. The maximum Gasteiger partial charge on any atom is 0.293 e. The summed E-state index contributed by atoms with van der Waals surface area (Å²) < 4.78 is 35.5. The van der Waals surface area contributed by atoms with Crippen molar-refractivity contribution in [1.29, 1.82) is 0 Å². The largest absolute Gasteiger partial charge is 0.372 e. The number of halogens is 2. The van der Waals surface area contributed by atoms with Crippen LogP contribution in [-0.4, -0.2) is 31.8 Å². The molecule has 4 heteroatoms. The van der Waals surface area contributed by atoms with E-state index in [1.807, 2.05) is 0 Å². The molecule has 0 saturated carbocycles. The van der Waals surface area contributed by atoms with Gasteiger partial charge in [-0.1, -0.05) is 12.2 Å². The molecular formula is C10H18F2O2. The monoisotopic (exact) mass is 208 g/mol. The van der Waals surface area contributed by atoms with Crippen LogP contribution in [0.3, 0.4) is 0 Å². The molecule has 14 heavy (non-hydrogen) atoms. The Kier molecular flexibility index (Phi) is 5.88. The lowest BCUT2D eigenvalue weighted by atomic mass is 10.3. The Morgan fingerprint density at radius 1 is 1.36 bits per heavy atom. The molecule has 0 fully saturated rings. The Morgan fingerprint density at radius 3 is 2.36 bits per heavy atom. The summed E-state index contributed by atoms with van der Waals surface area (Å²) in [5.41, 5.74) is 0.727. The quantitative estimate of drug-likeness (QED) is 0.599. The Morgan fingerprint density at radius 2 is 1.93 bits per heavy atom. The average molecular weight is 208 g/mol. The third kappa shape index (κ3) is 8.13. The normalized spacial score (nSPS) is 12.1. The van der Waals surface area contributed by atoms with Gasteiger partial charge in [0.05, 0.1) is 12.7 Å². The van der Waals surface area contributed by atoms with E-state index in [0.717, 1.165) is 5.57 Å². The van der Waals surface area contributed by atoms with E-state index in [1.54, 1.807) is 20.8 Å². The van der Waals surface area contributed by atoms with Crippen LogP contribution >= 0.6 is 0 Å². The van der Waals surface area contributed by atoms with E-state index in [2.05, 4.69) is 6.58 Å². The lowest BCUT2D eigenvalue weighted by molar-refractivity contribution is -0.130. The van der Waals surface area contributed by atoms with Crippen LogP contribution in [0.2, 0.25) is 0 Å². The van der Waals surface area contributed by atoms with E-state index in [9.17, 15) is 8.78 Å². The van der Waals surface area contributed by atoms with Crippen molar-refractivity contribution >= 4 is 0 Å². The molecule has 0 bridgehead atoms. The highest BCUT2D eigenvalue weighted by atomic mass is 19.3. The molecule has 0 N–H and O–H groups in total. The highest BCUT2D eigenvalue weighted by molar-refractivity contribution is 4.87. The summed E-state index contributed by atoms with van der Waals surface area (Å²) in [5.74, 6) is -2.92. The second-order valence-corrected chi connectivity index (χ2v) is 3.67. The Labute approximate surface area is 83.9 Å². The van der Waals surface area contributed by atoms with Gasteiger partial charge >= 0.3 is 0 Å². The van der Waals surface area contributed by atoms with Gasteiger partial charge in [0.15, 0.2) is 0 Å². The molecule has 0 unspecified atom stereocenters. The third-order valence-corrected chi connectivity index (χ3v) is 1.29. The molecular weight excluding hydrogens is 190 g/mol. The molecule has 0 saturated heterocycles. The maximum absolute atomic E-state index is 13.0. The van der Waals surface area contributed by atoms with Crippen LogP contribution in [0.1, 0.15) is 20.8 Å². The Balaban J connectivity index is 3.66. The van der Waals surface area contributed by atoms with Crippen LogP contribution in [0, 0.1) is 0 Å². The van der Waals surface area contributed by atoms with Crippen molar-refractivity contribution in [2.45, 2.75) is 32.8 Å². The predicted molar refractivity (Wildman–Crippen MR) is 51.7 cm³/mol. The highest BCUT2D eigenvalue weighted by Crippen LogP contribution is 2.15. The fourth-order valence-corrected chi connectivity index (χ4v) is 0.705. The van der Waals surface area contributed by atoms with Gasteiger partial charge in [-0.2, -0.15) is 0 Å². The fraction of sp³-hybridized carbons (Fsp3) is 0.800. The van der Waals surface area contributed by atoms with Crippen LogP contribution in [0.4, 0.5) is 8.78 Å². The number of hydrogen-bond acceptors (Lipinski definition) is 2. The molecule has 0 aromatic carbocycles. The van der Waals surface area contributed by atoms with Gasteiger partial charge in [-0.15, -0.1) is 0 Å². The van der Waals surface area contributed by atoms with E-state index in [4.69, 9.17) is 9.47 Å². The summed E-state index contributed by atoms with van der Waals surface area (Å²) in [5, 5.41) is 0. The molecule has 0 heterocycles. The van der Waals surface area contributed by atoms with Crippen LogP contribution in [0.25, 0.3) is 0 Å². The van der Waals surface area contributed by atoms with Gasteiger partial charge in [0, 0.05) is 0 Å². The predicted octanol–water partition coefficient (Wildman–Crippen LogP) is 2.64. The minimum Gasteiger partial charge on any atom is -0.372 e. The minimum absolute atomic E-state index is 0.164. The molecule has 84 valence electrons. The Bertz CT molecular complexity index is 179. The van der Waals surface area contributed by atoms with Crippen LogP contribution in [0.5, 0.6) is 0 Å². The van der Waals surface area contributed by atoms with Gasteiger partial charge in [-0.25, -0.2) is 8.78 Å². The van der Waals surface area contributed by atoms with Gasteiger partial charge in [0.1, 0.15) is 13.2 Å². The standard InChI is InChI=1S/C10H18F2O2/c1-8(2)5-13-6-10(11,12)7-14-9(3)4/h9H,1,5-7H2,2-4H3. The zero-order chi connectivity index (χ0) is 11.2. The molecule has 0 atom stereocenters. The number of alkyl halides is 2. The maximum atomic E-state index is 13.0. The molecule has 2 nitrogen and oxygen atoms in total. The Hall–Kier alpha value is -0.480. The molecule has 0 radical (unpaired) electrons. The zero-order valence-electron chi connectivity index (χ0n) is 8.98. The first-order chi connectivity index (χ1) is 6.33. The van der Waals surface area contributed by atoms with E-state index >= 15 is 0 Å². The van der Waals surface area contributed by atoms with E-state index in [-0.39, 0.29) is 12.7 Å². The van der Waals surface area contributed by atoms with Crippen molar-refractivity contribution in [2.75, 3.05) is 19.8 Å². The van der Waals surface area contributed by atoms with Crippen LogP contribution in [0.15, 0.2) is 12.2 Å². The summed E-state index contributed by atoms with van der Waals surface area (Å²) in [6.45, 7) is 7.65. The van der Waals surface area contributed by atoms with Gasteiger partial charge in [-0.3, -0.25) is 0 Å². The van der Waals surface area contributed by atoms with Crippen molar-refractivity contribution < 1.29 is 18.3 Å². The summed E-state index contributed by atoms with van der Waals surface area (Å²) >= 11 is 0. The second kappa shape index (κ2) is 6.09. The first kappa shape index (κ1) is 13.5. The molecule has 0 spiro atoms. The number of rotatable bonds is 7. The third-order valence-electron chi connectivity index (χ3n) is 1.29. The first-order valence-corrected chi connectivity index (χ1v) is 4.55. The molecule has 0 aliphatic heterocycles. The fourth-order valence-electron chi connectivity index (χ4n) is 0.705. The van der Waals surface area contributed by atoms with Crippen molar-refractivity contribution in [1.82, 2.24) is 0 Å². The topological polar surface area (TPSA) is 18.5 Å². The molecule has 0 aliphatic carbocycles. The van der Waals surface area contributed by atoms with Gasteiger partial charge < -0.3 is 9.47 Å². The van der Waals surface area contributed by atoms with Crippen molar-refractivity contribution in [3.05, 3.63) is 12.2 Å². The SMILES string of the molecule is C=C(C)COCC(F)(F)COC(C)C. The van der Waals surface area contributed by atoms with Crippen molar-refractivity contribution in [2.24, 2.45) is 0 Å². The van der Waals surface area contributed by atoms with Crippen LogP contribution in [-0.2, 0) is 9.47 Å². The minimum atomic E-state index is -2.92. The van der Waals surface area contributed by atoms with E-state index < -0.39 is 19.1 Å². The lowest BCUT2D eigenvalue weighted by Gasteiger charge is -2.18. The van der Waals surface area contributed by atoms with E-state index in [1.165, 1.54) is 0 Å². The van der Waals surface area contributed by atoms with Gasteiger partial charge in [0.25, 0.3) is 5.92 Å². The molecule has 0 rings (SSSR count). The van der Waals surface area contributed by atoms with Crippen molar-refractivity contribution in [3.63, 3.8) is 0 Å². The number of ether oxygens (including phenoxy) is 2. The smallest absolute Gasteiger partial charge is 0.293 e. The molecule has 0 aliphatic rings. The van der Waals surface area contributed by atoms with E-state index in [0.29, 0.717) is 0 Å². The molecule has 0 amide bonds. The molecule has 0 aromatic heterocycles. The molecule has 0 aromatic rings. The summed E-state index contributed by atoms with van der Waals surface area (Å²) in [6, 6.07) is 0. The number of hydrogen-bond donors (Lipinski definition) is 0. The summed E-state index contributed by atoms with van der Waals surface area (Å²) in [7, 11) is 0. The zero-order valence-corrected chi connectivity index (χ0v) is 8.98. The van der Waals surface area contributed by atoms with Crippen molar-refractivity contribution in [3.8, 4) is 0 Å².